The van der Waals surface area contributed by atoms with Gasteiger partial charge in [-0.3, -0.25) is 0 Å². The highest BCUT2D eigenvalue weighted by Crippen LogP contribution is 2.49. The normalized spacial score (nSPS) is 18.0. The standard InChI is InChI=1S/C27H26N4/c1-26(2)7-9-31-10-8-27(3,4)24-14-18(13-23(26)25(24)31)5-6-22-20(16-29)11-19(15-28)12-21(22)17-30/h5-6,11-14H,7-10H2,1-4H3/b6-5-. The van der Waals surface area contributed by atoms with Crippen LogP contribution in [-0.4, -0.2) is 13.1 Å². The third-order valence-corrected chi connectivity index (χ3v) is 6.91. The van der Waals surface area contributed by atoms with Crippen molar-refractivity contribution in [1.82, 2.24) is 0 Å². The van der Waals surface area contributed by atoms with Crippen LogP contribution in [0.25, 0.3) is 12.2 Å². The summed E-state index contributed by atoms with van der Waals surface area (Å²) in [6.07, 6.45) is 6.09. The van der Waals surface area contributed by atoms with Gasteiger partial charge in [-0.1, -0.05) is 39.8 Å². The number of benzene rings is 2. The molecule has 0 saturated heterocycles. The van der Waals surface area contributed by atoms with Gasteiger partial charge >= 0.3 is 0 Å². The molecule has 2 aromatic carbocycles. The molecule has 0 radical (unpaired) electrons. The van der Waals surface area contributed by atoms with E-state index in [4.69, 9.17) is 0 Å². The van der Waals surface area contributed by atoms with Crippen molar-refractivity contribution in [3.8, 4) is 18.2 Å². The Kier molecular flexibility index (Phi) is 4.88. The summed E-state index contributed by atoms with van der Waals surface area (Å²) in [7, 11) is 0. The lowest BCUT2D eigenvalue weighted by atomic mass is 9.69. The molecule has 0 atom stereocenters. The number of hydrogen-bond acceptors (Lipinski definition) is 4. The lowest BCUT2D eigenvalue weighted by molar-refractivity contribution is 0.401. The summed E-state index contributed by atoms with van der Waals surface area (Å²) in [5.74, 6) is 0. The molecule has 0 aliphatic carbocycles. The fourth-order valence-electron chi connectivity index (χ4n) is 4.82. The van der Waals surface area contributed by atoms with Gasteiger partial charge in [-0.05, 0) is 64.6 Å². The molecule has 0 amide bonds. The number of nitriles is 3. The van der Waals surface area contributed by atoms with Crippen molar-refractivity contribution in [3.05, 3.63) is 63.2 Å². The fraction of sp³-hybridized carbons (Fsp3) is 0.370. The smallest absolute Gasteiger partial charge is 0.0998 e. The molecule has 0 aromatic heterocycles. The third-order valence-electron chi connectivity index (χ3n) is 6.91. The van der Waals surface area contributed by atoms with Crippen LogP contribution in [0.5, 0.6) is 0 Å². The second kappa shape index (κ2) is 7.30. The van der Waals surface area contributed by atoms with E-state index in [9.17, 15) is 15.8 Å². The van der Waals surface area contributed by atoms with Crippen molar-refractivity contribution in [2.75, 3.05) is 18.0 Å². The van der Waals surface area contributed by atoms with Crippen LogP contribution in [0.1, 0.15) is 79.5 Å². The molecule has 2 aliphatic rings. The van der Waals surface area contributed by atoms with Crippen molar-refractivity contribution in [1.29, 1.82) is 15.8 Å². The molecule has 4 rings (SSSR count). The summed E-state index contributed by atoms with van der Waals surface area (Å²) in [5, 5.41) is 28.3. The maximum Gasteiger partial charge on any atom is 0.0998 e. The molecule has 0 N–H and O–H groups in total. The zero-order chi connectivity index (χ0) is 22.4. The average molecular weight is 407 g/mol. The minimum absolute atomic E-state index is 0.0991. The highest BCUT2D eigenvalue weighted by Gasteiger charge is 2.39. The topological polar surface area (TPSA) is 74.6 Å². The summed E-state index contributed by atoms with van der Waals surface area (Å²) >= 11 is 0. The van der Waals surface area contributed by atoms with E-state index in [2.05, 4.69) is 56.9 Å². The Labute approximate surface area is 184 Å². The van der Waals surface area contributed by atoms with Gasteiger partial charge in [0, 0.05) is 24.3 Å². The molecular weight excluding hydrogens is 380 g/mol. The molecule has 2 heterocycles. The SMILES string of the molecule is CC1(C)CCN2CCC(C)(C)c3cc(/C=C\c4c(C#N)cc(C#N)cc4C#N)cc1c32. The van der Waals surface area contributed by atoms with Crippen LogP contribution in [0.15, 0.2) is 24.3 Å². The molecule has 31 heavy (non-hydrogen) atoms. The lowest BCUT2D eigenvalue weighted by Crippen LogP contribution is -2.44. The van der Waals surface area contributed by atoms with Gasteiger partial charge in [-0.25, -0.2) is 0 Å². The van der Waals surface area contributed by atoms with E-state index in [-0.39, 0.29) is 10.8 Å². The Morgan fingerprint density at radius 1 is 0.774 bits per heavy atom. The Hall–Kier alpha value is -3.55. The third kappa shape index (κ3) is 3.48. The van der Waals surface area contributed by atoms with E-state index in [0.717, 1.165) is 31.5 Å². The number of rotatable bonds is 2. The van der Waals surface area contributed by atoms with Gasteiger partial charge < -0.3 is 4.90 Å². The van der Waals surface area contributed by atoms with Gasteiger partial charge in [0.1, 0.15) is 0 Å². The summed E-state index contributed by atoms with van der Waals surface area (Å²) in [6.45, 7) is 11.5. The van der Waals surface area contributed by atoms with Crippen LogP contribution in [-0.2, 0) is 10.8 Å². The quantitative estimate of drug-likeness (QED) is 0.605. The predicted molar refractivity (Wildman–Crippen MR) is 123 cm³/mol. The molecule has 0 bridgehead atoms. The van der Waals surface area contributed by atoms with Crippen LogP contribution < -0.4 is 4.90 Å². The molecule has 2 aromatic rings. The fourth-order valence-corrected chi connectivity index (χ4v) is 4.82. The van der Waals surface area contributed by atoms with Crippen LogP contribution in [0, 0.1) is 34.0 Å². The molecule has 0 unspecified atom stereocenters. The van der Waals surface area contributed by atoms with Crippen LogP contribution >= 0.6 is 0 Å². The Morgan fingerprint density at radius 2 is 1.29 bits per heavy atom. The van der Waals surface area contributed by atoms with Crippen LogP contribution in [0.2, 0.25) is 0 Å². The van der Waals surface area contributed by atoms with Crippen molar-refractivity contribution in [2.24, 2.45) is 0 Å². The molecule has 2 aliphatic heterocycles. The molecule has 4 heteroatoms. The second-order valence-electron chi connectivity index (χ2n) is 9.87. The molecule has 154 valence electrons. The van der Waals surface area contributed by atoms with E-state index in [1.165, 1.54) is 16.8 Å². The first-order chi connectivity index (χ1) is 14.7. The van der Waals surface area contributed by atoms with E-state index >= 15 is 0 Å². The number of anilines is 1. The van der Waals surface area contributed by atoms with E-state index in [1.807, 2.05) is 18.2 Å². The van der Waals surface area contributed by atoms with Gasteiger partial charge in [-0.2, -0.15) is 15.8 Å². The molecule has 0 fully saturated rings. The number of nitrogens with zero attached hydrogens (tertiary/aromatic N) is 4. The van der Waals surface area contributed by atoms with Gasteiger partial charge in [0.05, 0.1) is 34.9 Å². The Morgan fingerprint density at radius 3 is 1.74 bits per heavy atom. The lowest BCUT2D eigenvalue weighted by Gasteiger charge is -2.48. The van der Waals surface area contributed by atoms with E-state index < -0.39 is 0 Å². The average Bonchev–Trinajstić information content (AvgIpc) is 2.75. The van der Waals surface area contributed by atoms with E-state index in [1.54, 1.807) is 12.1 Å². The summed E-state index contributed by atoms with van der Waals surface area (Å²) < 4.78 is 0. The monoisotopic (exact) mass is 406 g/mol. The van der Waals surface area contributed by atoms with Crippen molar-refractivity contribution >= 4 is 17.8 Å². The van der Waals surface area contributed by atoms with E-state index in [0.29, 0.717) is 22.3 Å². The zero-order valence-corrected chi connectivity index (χ0v) is 18.6. The maximum absolute atomic E-state index is 9.56. The minimum Gasteiger partial charge on any atom is -0.371 e. The van der Waals surface area contributed by atoms with Crippen molar-refractivity contribution in [2.45, 2.75) is 51.4 Å². The van der Waals surface area contributed by atoms with Crippen molar-refractivity contribution in [3.63, 3.8) is 0 Å². The van der Waals surface area contributed by atoms with Gasteiger partial charge in [0.2, 0.25) is 0 Å². The zero-order valence-electron chi connectivity index (χ0n) is 18.6. The first-order valence-electron chi connectivity index (χ1n) is 10.7. The Bertz CT molecular complexity index is 1150. The molecule has 0 saturated carbocycles. The number of hydrogen-bond donors (Lipinski definition) is 0. The van der Waals surface area contributed by atoms with Crippen molar-refractivity contribution < 1.29 is 0 Å². The summed E-state index contributed by atoms with van der Waals surface area (Å²) in [6, 6.07) is 13.9. The largest absolute Gasteiger partial charge is 0.371 e. The second-order valence-corrected chi connectivity index (χ2v) is 9.87. The summed E-state index contributed by atoms with van der Waals surface area (Å²) in [5.41, 5.74) is 7.02. The van der Waals surface area contributed by atoms with Gasteiger partial charge in [0.15, 0.2) is 0 Å². The summed E-state index contributed by atoms with van der Waals surface area (Å²) in [4.78, 5) is 2.54. The highest BCUT2D eigenvalue weighted by atomic mass is 15.2. The Balaban J connectivity index is 1.87. The first-order valence-corrected chi connectivity index (χ1v) is 10.7. The maximum atomic E-state index is 9.56. The highest BCUT2D eigenvalue weighted by molar-refractivity contribution is 5.79. The van der Waals surface area contributed by atoms with Crippen LogP contribution in [0.3, 0.4) is 0 Å². The molecular formula is C27H26N4. The molecule has 0 spiro atoms. The van der Waals surface area contributed by atoms with Gasteiger partial charge in [0.25, 0.3) is 0 Å². The van der Waals surface area contributed by atoms with Crippen LogP contribution in [0.4, 0.5) is 5.69 Å². The minimum atomic E-state index is 0.0991. The van der Waals surface area contributed by atoms with Gasteiger partial charge in [-0.15, -0.1) is 0 Å². The predicted octanol–water partition coefficient (Wildman–Crippen LogP) is 5.64. The molecule has 4 nitrogen and oxygen atoms in total. The first kappa shape index (κ1) is 20.7.